The van der Waals surface area contributed by atoms with Crippen LogP contribution in [-0.2, 0) is 17.9 Å². The van der Waals surface area contributed by atoms with Crippen molar-refractivity contribution in [2.75, 3.05) is 13.1 Å². The van der Waals surface area contributed by atoms with Crippen LogP contribution in [0.3, 0.4) is 0 Å². The molecule has 4 aromatic rings. The molecule has 0 bridgehead atoms. The van der Waals surface area contributed by atoms with E-state index >= 15 is 0 Å². The predicted octanol–water partition coefficient (Wildman–Crippen LogP) is 3.82. The molecule has 0 atom stereocenters. The number of nitrogens with one attached hydrogen (secondary N) is 1. The van der Waals surface area contributed by atoms with Crippen LogP contribution in [0.4, 0.5) is 0 Å². The number of aromatic nitrogens is 4. The first-order valence-electron chi connectivity index (χ1n) is 11.1. The Hall–Kier alpha value is -3.30. The zero-order valence-electron chi connectivity index (χ0n) is 18.5. The molecule has 0 saturated carbocycles. The number of likely N-dealkylation sites (tertiary alicyclic amines) is 1. The third-order valence-electron chi connectivity index (χ3n) is 6.03. The second-order valence-corrected chi connectivity index (χ2v) is 9.22. The van der Waals surface area contributed by atoms with Gasteiger partial charge in [-0.1, -0.05) is 23.4 Å². The smallest absolute Gasteiger partial charge is 0.241 e. The molecule has 9 heteroatoms. The van der Waals surface area contributed by atoms with Crippen molar-refractivity contribution in [3.63, 3.8) is 0 Å². The van der Waals surface area contributed by atoms with Crippen molar-refractivity contribution in [2.45, 2.75) is 32.9 Å². The molecule has 4 heterocycles. The van der Waals surface area contributed by atoms with Gasteiger partial charge in [-0.05, 0) is 62.0 Å². The molecule has 0 aliphatic carbocycles. The average Bonchev–Trinajstić information content (AvgIpc) is 3.61. The van der Waals surface area contributed by atoms with Gasteiger partial charge in [0.05, 0.1) is 11.4 Å². The Bertz CT molecular complexity index is 1190. The maximum atomic E-state index is 12.7. The summed E-state index contributed by atoms with van der Waals surface area (Å²) in [5.41, 5.74) is 2.15. The van der Waals surface area contributed by atoms with Gasteiger partial charge in [0.25, 0.3) is 0 Å². The van der Waals surface area contributed by atoms with Gasteiger partial charge in [0.15, 0.2) is 0 Å². The number of hydrogen-bond acceptors (Lipinski definition) is 7. The van der Waals surface area contributed by atoms with Crippen LogP contribution >= 0.6 is 11.3 Å². The minimum Gasteiger partial charge on any atom is -0.352 e. The fourth-order valence-electron chi connectivity index (χ4n) is 4.13. The summed E-state index contributed by atoms with van der Waals surface area (Å²) < 4.78 is 7.45. The van der Waals surface area contributed by atoms with Gasteiger partial charge < -0.3 is 14.4 Å². The highest BCUT2D eigenvalue weighted by atomic mass is 32.1. The lowest BCUT2D eigenvalue weighted by molar-refractivity contribution is -0.126. The molecular formula is C24H26N6O2S. The lowest BCUT2D eigenvalue weighted by Gasteiger charge is -2.30. The fourth-order valence-corrected chi connectivity index (χ4v) is 4.78. The zero-order chi connectivity index (χ0) is 22.6. The normalized spacial score (nSPS) is 15.1. The number of nitrogens with zero attached hydrogens (tertiary/aromatic N) is 5. The monoisotopic (exact) mass is 462 g/mol. The number of amides is 1. The van der Waals surface area contributed by atoms with E-state index in [0.29, 0.717) is 24.8 Å². The standard InChI is InChI=1S/C24H26N6O2S/c1-17-25-10-13-30(17)20-6-4-18(5-7-20)15-26-24(31)19-8-11-29(12-9-19)16-22-27-23(28-32-22)21-3-2-14-33-21/h2-7,10,13-14,19H,8-9,11-12,15-16H2,1H3,(H,26,31). The number of hydrogen-bond donors (Lipinski definition) is 1. The van der Waals surface area contributed by atoms with Gasteiger partial charge in [-0.25, -0.2) is 4.98 Å². The van der Waals surface area contributed by atoms with E-state index in [0.717, 1.165) is 47.9 Å². The first-order valence-corrected chi connectivity index (χ1v) is 12.0. The molecule has 33 heavy (non-hydrogen) atoms. The summed E-state index contributed by atoms with van der Waals surface area (Å²) in [5.74, 6) is 2.38. The Morgan fingerprint density at radius 1 is 1.21 bits per heavy atom. The second kappa shape index (κ2) is 9.68. The van der Waals surface area contributed by atoms with Gasteiger partial charge in [-0.3, -0.25) is 9.69 Å². The molecule has 1 aliphatic rings. The Kier molecular flexibility index (Phi) is 6.32. The van der Waals surface area contributed by atoms with Gasteiger partial charge in [-0.15, -0.1) is 11.3 Å². The average molecular weight is 463 g/mol. The summed E-state index contributed by atoms with van der Waals surface area (Å²) in [6.07, 6.45) is 5.39. The van der Waals surface area contributed by atoms with Crippen molar-refractivity contribution in [1.82, 2.24) is 29.9 Å². The molecule has 0 spiro atoms. The summed E-state index contributed by atoms with van der Waals surface area (Å²) in [6.45, 7) is 4.82. The van der Waals surface area contributed by atoms with E-state index in [4.69, 9.17) is 4.52 Å². The van der Waals surface area contributed by atoms with E-state index in [1.54, 1.807) is 17.5 Å². The number of thiophene rings is 1. The molecule has 0 unspecified atom stereocenters. The number of imidazole rings is 1. The van der Waals surface area contributed by atoms with E-state index in [1.807, 2.05) is 47.3 Å². The van der Waals surface area contributed by atoms with Gasteiger partial charge >= 0.3 is 0 Å². The summed E-state index contributed by atoms with van der Waals surface area (Å²) in [4.78, 5) is 24.7. The number of carbonyl (C=O) groups excluding carboxylic acids is 1. The van der Waals surface area contributed by atoms with Gasteiger partial charge in [0.1, 0.15) is 5.82 Å². The minimum absolute atomic E-state index is 0.0403. The summed E-state index contributed by atoms with van der Waals surface area (Å²) in [7, 11) is 0. The van der Waals surface area contributed by atoms with Crippen molar-refractivity contribution in [1.29, 1.82) is 0 Å². The number of aryl methyl sites for hydroxylation is 1. The van der Waals surface area contributed by atoms with Gasteiger partial charge in [-0.2, -0.15) is 4.98 Å². The van der Waals surface area contributed by atoms with E-state index < -0.39 is 0 Å². The van der Waals surface area contributed by atoms with Crippen LogP contribution < -0.4 is 5.32 Å². The third kappa shape index (κ3) is 5.04. The van der Waals surface area contributed by atoms with Crippen LogP contribution in [0.15, 0.2) is 58.7 Å². The van der Waals surface area contributed by atoms with Crippen LogP contribution in [0, 0.1) is 12.8 Å². The lowest BCUT2D eigenvalue weighted by atomic mass is 9.96. The topological polar surface area (TPSA) is 89.1 Å². The molecule has 1 N–H and O–H groups in total. The van der Waals surface area contributed by atoms with Crippen molar-refractivity contribution < 1.29 is 9.32 Å². The SMILES string of the molecule is Cc1nccn1-c1ccc(CNC(=O)C2CCN(Cc3nc(-c4cccs4)no3)CC2)cc1. The molecule has 1 saturated heterocycles. The quantitative estimate of drug-likeness (QED) is 0.449. The largest absolute Gasteiger partial charge is 0.352 e. The molecule has 3 aromatic heterocycles. The van der Waals surface area contributed by atoms with E-state index in [2.05, 4.69) is 37.5 Å². The van der Waals surface area contributed by atoms with Crippen molar-refractivity contribution >= 4 is 17.2 Å². The second-order valence-electron chi connectivity index (χ2n) is 8.27. The summed E-state index contributed by atoms with van der Waals surface area (Å²) in [6, 6.07) is 12.2. The van der Waals surface area contributed by atoms with Crippen LogP contribution in [0.1, 0.15) is 30.1 Å². The van der Waals surface area contributed by atoms with Crippen LogP contribution in [0.25, 0.3) is 16.4 Å². The van der Waals surface area contributed by atoms with Crippen LogP contribution in [0.5, 0.6) is 0 Å². The molecule has 170 valence electrons. The molecular weight excluding hydrogens is 436 g/mol. The Morgan fingerprint density at radius 3 is 2.73 bits per heavy atom. The molecule has 8 nitrogen and oxygen atoms in total. The summed E-state index contributed by atoms with van der Waals surface area (Å²) in [5, 5.41) is 9.17. The van der Waals surface area contributed by atoms with Crippen molar-refractivity contribution in [3.8, 4) is 16.4 Å². The molecule has 1 aliphatic heterocycles. The molecule has 5 rings (SSSR count). The maximum Gasteiger partial charge on any atom is 0.241 e. The maximum absolute atomic E-state index is 12.7. The first-order chi connectivity index (χ1) is 16.2. The van der Waals surface area contributed by atoms with Crippen LogP contribution in [-0.4, -0.2) is 43.6 Å². The summed E-state index contributed by atoms with van der Waals surface area (Å²) >= 11 is 1.60. The van der Waals surface area contributed by atoms with Crippen molar-refractivity contribution in [2.24, 2.45) is 5.92 Å². The highest BCUT2D eigenvalue weighted by Gasteiger charge is 2.26. The van der Waals surface area contributed by atoms with E-state index in [-0.39, 0.29) is 11.8 Å². The minimum atomic E-state index is 0.0403. The van der Waals surface area contributed by atoms with E-state index in [1.165, 1.54) is 0 Å². The number of piperidine rings is 1. The third-order valence-corrected chi connectivity index (χ3v) is 6.90. The van der Waals surface area contributed by atoms with Crippen LogP contribution in [0.2, 0.25) is 0 Å². The van der Waals surface area contributed by atoms with Crippen molar-refractivity contribution in [3.05, 3.63) is 71.5 Å². The molecule has 1 fully saturated rings. The molecule has 0 radical (unpaired) electrons. The van der Waals surface area contributed by atoms with E-state index in [9.17, 15) is 4.79 Å². The van der Waals surface area contributed by atoms with Gasteiger partial charge in [0, 0.05) is 30.5 Å². The lowest BCUT2D eigenvalue weighted by Crippen LogP contribution is -2.40. The highest BCUT2D eigenvalue weighted by molar-refractivity contribution is 7.13. The van der Waals surface area contributed by atoms with Gasteiger partial charge in [0.2, 0.25) is 17.6 Å². The number of rotatable bonds is 7. The Labute approximate surface area is 196 Å². The number of benzene rings is 1. The Morgan fingerprint density at radius 2 is 2.03 bits per heavy atom. The fraction of sp³-hybridized carbons (Fsp3) is 0.333. The predicted molar refractivity (Wildman–Crippen MR) is 126 cm³/mol. The first kappa shape index (κ1) is 21.5. The molecule has 1 aromatic carbocycles. The zero-order valence-corrected chi connectivity index (χ0v) is 19.3. The molecule has 1 amide bonds. The number of carbonyl (C=O) groups is 1. The highest BCUT2D eigenvalue weighted by Crippen LogP contribution is 2.23. The Balaban J connectivity index is 1.07.